The average molecular weight is 240 g/mol. The van der Waals surface area contributed by atoms with Crippen LogP contribution in [-0.4, -0.2) is 33.6 Å². The van der Waals surface area contributed by atoms with Gasteiger partial charge in [-0.1, -0.05) is 6.92 Å². The second kappa shape index (κ2) is 6.24. The lowest BCUT2D eigenvalue weighted by Crippen LogP contribution is -2.44. The minimum absolute atomic E-state index is 0.0504. The molecule has 0 aliphatic heterocycles. The second-order valence-corrected chi connectivity index (χ2v) is 4.07. The Bertz CT molecular complexity index is 360. The Hall–Kier alpha value is -1.56. The van der Waals surface area contributed by atoms with Crippen LogP contribution in [0.15, 0.2) is 12.4 Å². The van der Waals surface area contributed by atoms with Crippen molar-refractivity contribution >= 4 is 6.03 Å². The number of aryl methyl sites for hydroxylation is 1. The van der Waals surface area contributed by atoms with Crippen molar-refractivity contribution in [1.29, 1.82) is 0 Å². The van der Waals surface area contributed by atoms with E-state index in [-0.39, 0.29) is 24.7 Å². The zero-order valence-electron chi connectivity index (χ0n) is 10.5. The number of carbonyl (C=O) groups is 1. The Morgan fingerprint density at radius 1 is 1.59 bits per heavy atom. The SMILES string of the molecule is CC[C@@H](CO)NC(=O)N[C@@H](C)c1cnn(C)c1. The van der Waals surface area contributed by atoms with Crippen molar-refractivity contribution in [2.75, 3.05) is 6.61 Å². The Balaban J connectivity index is 2.45. The number of aliphatic hydroxyl groups is 1. The molecule has 96 valence electrons. The molecule has 6 heteroatoms. The fourth-order valence-electron chi connectivity index (χ4n) is 1.45. The third-order valence-electron chi connectivity index (χ3n) is 2.62. The molecule has 0 bridgehead atoms. The van der Waals surface area contributed by atoms with Crippen LogP contribution in [-0.2, 0) is 7.05 Å². The smallest absolute Gasteiger partial charge is 0.315 e. The summed E-state index contributed by atoms with van der Waals surface area (Å²) < 4.78 is 1.69. The van der Waals surface area contributed by atoms with Crippen LogP contribution in [0.3, 0.4) is 0 Å². The highest BCUT2D eigenvalue weighted by Gasteiger charge is 2.13. The van der Waals surface area contributed by atoms with E-state index in [1.165, 1.54) is 0 Å². The summed E-state index contributed by atoms with van der Waals surface area (Å²) in [5, 5.41) is 18.5. The van der Waals surface area contributed by atoms with Crippen molar-refractivity contribution in [2.24, 2.45) is 7.05 Å². The highest BCUT2D eigenvalue weighted by atomic mass is 16.3. The molecular formula is C11H20N4O2. The van der Waals surface area contributed by atoms with Crippen molar-refractivity contribution in [1.82, 2.24) is 20.4 Å². The number of hydrogen-bond acceptors (Lipinski definition) is 3. The molecule has 17 heavy (non-hydrogen) atoms. The predicted molar refractivity (Wildman–Crippen MR) is 64.5 cm³/mol. The lowest BCUT2D eigenvalue weighted by atomic mass is 10.2. The largest absolute Gasteiger partial charge is 0.394 e. The average Bonchev–Trinajstić information content (AvgIpc) is 2.72. The quantitative estimate of drug-likeness (QED) is 0.703. The normalized spacial score (nSPS) is 14.1. The van der Waals surface area contributed by atoms with Gasteiger partial charge in [-0.15, -0.1) is 0 Å². The van der Waals surface area contributed by atoms with Crippen molar-refractivity contribution < 1.29 is 9.90 Å². The fourth-order valence-corrected chi connectivity index (χ4v) is 1.45. The summed E-state index contributed by atoms with van der Waals surface area (Å²) in [7, 11) is 1.83. The lowest BCUT2D eigenvalue weighted by molar-refractivity contribution is 0.212. The summed E-state index contributed by atoms with van der Waals surface area (Å²) in [4.78, 5) is 11.6. The Morgan fingerprint density at radius 3 is 2.76 bits per heavy atom. The first-order valence-corrected chi connectivity index (χ1v) is 5.73. The molecule has 1 rings (SSSR count). The Morgan fingerprint density at radius 2 is 2.29 bits per heavy atom. The number of aromatic nitrogens is 2. The molecule has 0 saturated heterocycles. The topological polar surface area (TPSA) is 79.2 Å². The molecule has 3 N–H and O–H groups in total. The van der Waals surface area contributed by atoms with E-state index in [1.807, 2.05) is 27.1 Å². The van der Waals surface area contributed by atoms with E-state index in [9.17, 15) is 4.79 Å². The van der Waals surface area contributed by atoms with Crippen molar-refractivity contribution in [3.05, 3.63) is 18.0 Å². The number of carbonyl (C=O) groups excluding carboxylic acids is 1. The van der Waals surface area contributed by atoms with Crippen molar-refractivity contribution in [3.63, 3.8) is 0 Å². The van der Waals surface area contributed by atoms with E-state index in [0.29, 0.717) is 6.42 Å². The molecule has 1 aromatic rings. The fraction of sp³-hybridized carbons (Fsp3) is 0.636. The minimum atomic E-state index is -0.276. The number of nitrogens with one attached hydrogen (secondary N) is 2. The molecule has 1 heterocycles. The molecule has 0 radical (unpaired) electrons. The van der Waals surface area contributed by atoms with Crippen LogP contribution in [0.25, 0.3) is 0 Å². The van der Waals surface area contributed by atoms with Gasteiger partial charge in [-0.05, 0) is 13.3 Å². The maximum atomic E-state index is 11.6. The minimum Gasteiger partial charge on any atom is -0.394 e. The third kappa shape index (κ3) is 4.07. The van der Waals surface area contributed by atoms with Gasteiger partial charge in [-0.2, -0.15) is 5.10 Å². The zero-order valence-corrected chi connectivity index (χ0v) is 10.5. The predicted octanol–water partition coefficient (Wildman–Crippen LogP) is 0.551. The van der Waals surface area contributed by atoms with Crippen LogP contribution < -0.4 is 10.6 Å². The lowest BCUT2D eigenvalue weighted by Gasteiger charge is -2.17. The van der Waals surface area contributed by atoms with Crippen LogP contribution in [0.5, 0.6) is 0 Å². The molecule has 2 atom stereocenters. The molecule has 0 unspecified atom stereocenters. The zero-order chi connectivity index (χ0) is 12.8. The van der Waals surface area contributed by atoms with Gasteiger partial charge in [0.15, 0.2) is 0 Å². The molecule has 0 fully saturated rings. The number of urea groups is 1. The monoisotopic (exact) mass is 240 g/mol. The van der Waals surface area contributed by atoms with Gasteiger partial charge in [-0.3, -0.25) is 4.68 Å². The molecule has 0 spiro atoms. The van der Waals surface area contributed by atoms with E-state index >= 15 is 0 Å². The molecule has 0 aliphatic carbocycles. The van der Waals surface area contributed by atoms with Crippen LogP contribution in [0.1, 0.15) is 31.9 Å². The molecule has 6 nitrogen and oxygen atoms in total. The first-order valence-electron chi connectivity index (χ1n) is 5.73. The maximum Gasteiger partial charge on any atom is 0.315 e. The van der Waals surface area contributed by atoms with Gasteiger partial charge >= 0.3 is 6.03 Å². The van der Waals surface area contributed by atoms with Crippen molar-refractivity contribution in [3.8, 4) is 0 Å². The number of amides is 2. The number of aliphatic hydroxyl groups excluding tert-OH is 1. The van der Waals surface area contributed by atoms with E-state index < -0.39 is 0 Å². The standard InChI is InChI=1S/C11H20N4O2/c1-4-10(7-16)14-11(17)13-8(2)9-5-12-15(3)6-9/h5-6,8,10,16H,4,7H2,1-3H3,(H2,13,14,17)/t8-,10-/m0/s1. The summed E-state index contributed by atoms with van der Waals surface area (Å²) in [5.41, 5.74) is 0.944. The number of nitrogens with zero attached hydrogens (tertiary/aromatic N) is 2. The van der Waals surface area contributed by atoms with E-state index in [4.69, 9.17) is 5.11 Å². The first-order chi connectivity index (χ1) is 8.06. The van der Waals surface area contributed by atoms with Gasteiger partial charge in [-0.25, -0.2) is 4.79 Å². The second-order valence-electron chi connectivity index (χ2n) is 4.07. The highest BCUT2D eigenvalue weighted by molar-refractivity contribution is 5.74. The first kappa shape index (κ1) is 13.5. The van der Waals surface area contributed by atoms with Gasteiger partial charge in [0.2, 0.25) is 0 Å². The summed E-state index contributed by atoms with van der Waals surface area (Å²) in [6.07, 6.45) is 4.27. The molecule has 0 aliphatic rings. The van der Waals surface area contributed by atoms with E-state index in [1.54, 1.807) is 10.9 Å². The van der Waals surface area contributed by atoms with Crippen LogP contribution >= 0.6 is 0 Å². The van der Waals surface area contributed by atoms with Crippen LogP contribution in [0.2, 0.25) is 0 Å². The number of rotatable bonds is 5. The van der Waals surface area contributed by atoms with Gasteiger partial charge in [0.1, 0.15) is 0 Å². The molecule has 0 saturated carbocycles. The Labute approximate surface area is 101 Å². The molecule has 2 amide bonds. The van der Waals surface area contributed by atoms with Gasteiger partial charge in [0.05, 0.1) is 24.9 Å². The third-order valence-corrected chi connectivity index (χ3v) is 2.62. The van der Waals surface area contributed by atoms with Crippen LogP contribution in [0.4, 0.5) is 4.79 Å². The molecule has 0 aromatic carbocycles. The molecule has 1 aromatic heterocycles. The van der Waals surface area contributed by atoms with Gasteiger partial charge < -0.3 is 15.7 Å². The molecular weight excluding hydrogens is 220 g/mol. The van der Waals surface area contributed by atoms with Crippen LogP contribution in [0, 0.1) is 0 Å². The number of hydrogen-bond donors (Lipinski definition) is 3. The summed E-state index contributed by atoms with van der Waals surface area (Å²) >= 11 is 0. The van der Waals surface area contributed by atoms with E-state index in [0.717, 1.165) is 5.56 Å². The van der Waals surface area contributed by atoms with Gasteiger partial charge in [0.25, 0.3) is 0 Å². The Kier molecular flexibility index (Phi) is 4.96. The summed E-state index contributed by atoms with van der Waals surface area (Å²) in [6, 6.07) is -0.585. The van der Waals surface area contributed by atoms with E-state index in [2.05, 4.69) is 15.7 Å². The maximum absolute atomic E-state index is 11.6. The summed E-state index contributed by atoms with van der Waals surface area (Å²) in [6.45, 7) is 3.74. The highest BCUT2D eigenvalue weighted by Crippen LogP contribution is 2.09. The summed E-state index contributed by atoms with van der Waals surface area (Å²) in [5.74, 6) is 0. The van der Waals surface area contributed by atoms with Gasteiger partial charge in [0, 0.05) is 18.8 Å². The van der Waals surface area contributed by atoms with Crippen molar-refractivity contribution in [2.45, 2.75) is 32.4 Å².